The maximum absolute atomic E-state index is 13.2. The summed E-state index contributed by atoms with van der Waals surface area (Å²) in [6.45, 7) is 4.63. The molecule has 0 fully saturated rings. The van der Waals surface area contributed by atoms with E-state index in [4.69, 9.17) is 11.6 Å². The van der Waals surface area contributed by atoms with Gasteiger partial charge in [-0.3, -0.25) is 4.79 Å². The number of hydrogen-bond donors (Lipinski definition) is 1. The van der Waals surface area contributed by atoms with E-state index in [2.05, 4.69) is 19.2 Å². The Kier molecular flexibility index (Phi) is 4.97. The minimum Gasteiger partial charge on any atom is -0.348 e. The van der Waals surface area contributed by atoms with Crippen LogP contribution in [0.25, 0.3) is 0 Å². The minimum absolute atomic E-state index is 0.149. The molecule has 0 aliphatic carbocycles. The molecule has 0 heterocycles. The summed E-state index contributed by atoms with van der Waals surface area (Å²) in [5, 5.41) is 2.98. The van der Waals surface area contributed by atoms with Crippen LogP contribution in [0.15, 0.2) is 42.5 Å². The van der Waals surface area contributed by atoms with Crippen molar-refractivity contribution in [2.24, 2.45) is 0 Å². The van der Waals surface area contributed by atoms with E-state index in [1.54, 1.807) is 0 Å². The van der Waals surface area contributed by atoms with Gasteiger partial charge in [0.2, 0.25) is 0 Å². The number of amides is 1. The number of halogens is 2. The van der Waals surface area contributed by atoms with Gasteiger partial charge in [-0.1, -0.05) is 49.7 Å². The number of carbonyl (C=O) groups is 1. The fourth-order valence-corrected chi connectivity index (χ4v) is 2.17. The number of carbonyl (C=O) groups excluding carboxylic acids is 1. The van der Waals surface area contributed by atoms with Gasteiger partial charge in [-0.05, 0) is 35.2 Å². The molecule has 2 rings (SSSR count). The van der Waals surface area contributed by atoms with E-state index in [1.165, 1.54) is 17.7 Å². The van der Waals surface area contributed by atoms with Crippen LogP contribution in [0.2, 0.25) is 5.02 Å². The predicted molar refractivity (Wildman–Crippen MR) is 83.1 cm³/mol. The zero-order valence-electron chi connectivity index (χ0n) is 12.0. The standard InChI is InChI=1S/C17H17ClFNO/c1-11(2)13-5-3-12(4-6-13)10-20-17(21)15-9-14(19)7-8-16(15)18/h3-9,11H,10H2,1-2H3,(H,20,21). The average molecular weight is 306 g/mol. The van der Waals surface area contributed by atoms with Crippen molar-refractivity contribution in [2.45, 2.75) is 26.3 Å². The summed E-state index contributed by atoms with van der Waals surface area (Å²) in [6, 6.07) is 11.8. The Morgan fingerprint density at radius 1 is 1.19 bits per heavy atom. The second kappa shape index (κ2) is 6.72. The van der Waals surface area contributed by atoms with Gasteiger partial charge in [0.15, 0.2) is 0 Å². The Morgan fingerprint density at radius 3 is 2.48 bits per heavy atom. The quantitative estimate of drug-likeness (QED) is 0.883. The van der Waals surface area contributed by atoms with Gasteiger partial charge in [0, 0.05) is 6.54 Å². The summed E-state index contributed by atoms with van der Waals surface area (Å²) < 4.78 is 13.2. The molecule has 0 aliphatic rings. The first-order valence-electron chi connectivity index (χ1n) is 6.79. The van der Waals surface area contributed by atoms with Crippen molar-refractivity contribution in [2.75, 3.05) is 0 Å². The molecule has 2 aromatic carbocycles. The van der Waals surface area contributed by atoms with Crippen molar-refractivity contribution >= 4 is 17.5 Å². The van der Waals surface area contributed by atoms with Crippen LogP contribution in [0.1, 0.15) is 41.3 Å². The van der Waals surface area contributed by atoms with Crippen LogP contribution in [-0.4, -0.2) is 5.91 Å². The van der Waals surface area contributed by atoms with Gasteiger partial charge in [0.25, 0.3) is 5.91 Å². The Labute approximate surface area is 128 Å². The molecule has 2 nitrogen and oxygen atoms in total. The zero-order chi connectivity index (χ0) is 15.4. The van der Waals surface area contributed by atoms with Crippen LogP contribution in [-0.2, 0) is 6.54 Å². The normalized spacial score (nSPS) is 10.7. The smallest absolute Gasteiger partial charge is 0.253 e. The summed E-state index contributed by atoms with van der Waals surface area (Å²) in [5.74, 6) is -0.391. The minimum atomic E-state index is -0.481. The van der Waals surface area contributed by atoms with E-state index in [0.717, 1.165) is 11.6 Å². The monoisotopic (exact) mass is 305 g/mol. The molecule has 0 saturated carbocycles. The molecule has 0 aliphatic heterocycles. The molecule has 4 heteroatoms. The molecule has 0 unspecified atom stereocenters. The number of nitrogens with one attached hydrogen (secondary N) is 1. The average Bonchev–Trinajstić information content (AvgIpc) is 2.47. The predicted octanol–water partition coefficient (Wildman–Crippen LogP) is 4.53. The maximum atomic E-state index is 13.2. The summed E-state index contributed by atoms with van der Waals surface area (Å²) in [6.07, 6.45) is 0. The molecule has 0 spiro atoms. The third-order valence-corrected chi connectivity index (χ3v) is 3.60. The van der Waals surface area contributed by atoms with Crippen LogP contribution in [0.4, 0.5) is 4.39 Å². The van der Waals surface area contributed by atoms with Gasteiger partial charge < -0.3 is 5.32 Å². The highest BCUT2D eigenvalue weighted by Crippen LogP contribution is 2.17. The molecule has 0 saturated heterocycles. The lowest BCUT2D eigenvalue weighted by molar-refractivity contribution is 0.0950. The summed E-state index contributed by atoms with van der Waals surface area (Å²) >= 11 is 5.90. The van der Waals surface area contributed by atoms with E-state index in [-0.39, 0.29) is 16.5 Å². The third kappa shape index (κ3) is 4.05. The first-order valence-corrected chi connectivity index (χ1v) is 7.17. The maximum Gasteiger partial charge on any atom is 0.253 e. The highest BCUT2D eigenvalue weighted by Gasteiger charge is 2.11. The van der Waals surface area contributed by atoms with E-state index in [9.17, 15) is 9.18 Å². The molecule has 0 atom stereocenters. The van der Waals surface area contributed by atoms with E-state index < -0.39 is 5.82 Å². The first-order chi connectivity index (χ1) is 9.97. The Hall–Kier alpha value is -1.87. The third-order valence-electron chi connectivity index (χ3n) is 3.27. The molecule has 2 aromatic rings. The molecular formula is C17H17ClFNO. The second-order valence-electron chi connectivity index (χ2n) is 5.20. The largest absolute Gasteiger partial charge is 0.348 e. The van der Waals surface area contributed by atoms with Gasteiger partial charge in [0.1, 0.15) is 5.82 Å². The number of rotatable bonds is 4. The van der Waals surface area contributed by atoms with Crippen molar-refractivity contribution in [3.63, 3.8) is 0 Å². The van der Waals surface area contributed by atoms with E-state index >= 15 is 0 Å². The van der Waals surface area contributed by atoms with Crippen LogP contribution in [0.5, 0.6) is 0 Å². The van der Waals surface area contributed by atoms with Gasteiger partial charge in [-0.15, -0.1) is 0 Å². The van der Waals surface area contributed by atoms with Crippen molar-refractivity contribution in [1.82, 2.24) is 5.32 Å². The molecular weight excluding hydrogens is 289 g/mol. The molecule has 1 amide bonds. The lowest BCUT2D eigenvalue weighted by Crippen LogP contribution is -2.23. The summed E-state index contributed by atoms with van der Waals surface area (Å²) in [7, 11) is 0. The molecule has 0 bridgehead atoms. The zero-order valence-corrected chi connectivity index (χ0v) is 12.7. The Morgan fingerprint density at radius 2 is 1.86 bits per heavy atom. The van der Waals surface area contributed by atoms with Crippen LogP contribution in [0, 0.1) is 5.82 Å². The van der Waals surface area contributed by atoms with Gasteiger partial charge in [-0.25, -0.2) is 4.39 Å². The Bertz CT molecular complexity index is 638. The highest BCUT2D eigenvalue weighted by atomic mass is 35.5. The molecule has 110 valence electrons. The fourth-order valence-electron chi connectivity index (χ4n) is 1.97. The number of hydrogen-bond acceptors (Lipinski definition) is 1. The SMILES string of the molecule is CC(C)c1ccc(CNC(=O)c2cc(F)ccc2Cl)cc1. The topological polar surface area (TPSA) is 29.1 Å². The lowest BCUT2D eigenvalue weighted by Gasteiger charge is -2.09. The molecule has 1 N–H and O–H groups in total. The summed E-state index contributed by atoms with van der Waals surface area (Å²) in [4.78, 5) is 12.0. The van der Waals surface area contributed by atoms with Crippen LogP contribution >= 0.6 is 11.6 Å². The molecule has 0 radical (unpaired) electrons. The second-order valence-corrected chi connectivity index (χ2v) is 5.61. The van der Waals surface area contributed by atoms with Gasteiger partial charge in [-0.2, -0.15) is 0 Å². The lowest BCUT2D eigenvalue weighted by atomic mass is 10.0. The molecule has 21 heavy (non-hydrogen) atoms. The van der Waals surface area contributed by atoms with Crippen molar-refractivity contribution < 1.29 is 9.18 Å². The number of benzene rings is 2. The molecule has 0 aromatic heterocycles. The fraction of sp³-hybridized carbons (Fsp3) is 0.235. The summed E-state index contributed by atoms with van der Waals surface area (Å²) in [5.41, 5.74) is 2.38. The van der Waals surface area contributed by atoms with Crippen LogP contribution in [0.3, 0.4) is 0 Å². The van der Waals surface area contributed by atoms with Crippen LogP contribution < -0.4 is 5.32 Å². The van der Waals surface area contributed by atoms with E-state index in [1.807, 2.05) is 24.3 Å². The Balaban J connectivity index is 2.02. The van der Waals surface area contributed by atoms with Crippen molar-refractivity contribution in [3.8, 4) is 0 Å². The van der Waals surface area contributed by atoms with E-state index in [0.29, 0.717) is 12.5 Å². The van der Waals surface area contributed by atoms with Gasteiger partial charge >= 0.3 is 0 Å². The van der Waals surface area contributed by atoms with Crippen molar-refractivity contribution in [3.05, 3.63) is 70.0 Å². The highest BCUT2D eigenvalue weighted by molar-refractivity contribution is 6.33. The first kappa shape index (κ1) is 15.5. The van der Waals surface area contributed by atoms with Gasteiger partial charge in [0.05, 0.1) is 10.6 Å². The van der Waals surface area contributed by atoms with Crippen molar-refractivity contribution in [1.29, 1.82) is 0 Å².